The molecule has 0 aromatic carbocycles. The number of ether oxygens (including phenoxy) is 1. The molecule has 0 bridgehead atoms. The molecule has 2 aromatic heterocycles. The van der Waals surface area contributed by atoms with Gasteiger partial charge >= 0.3 is 11.7 Å². The molecular weight excluding hydrogens is 280 g/mol. The van der Waals surface area contributed by atoms with E-state index in [1.807, 2.05) is 6.92 Å². The predicted octanol–water partition coefficient (Wildman–Crippen LogP) is 1.31. The van der Waals surface area contributed by atoms with E-state index in [9.17, 15) is 9.59 Å². The third-order valence-electron chi connectivity index (χ3n) is 2.52. The van der Waals surface area contributed by atoms with E-state index >= 15 is 0 Å². The normalized spacial score (nSPS) is 10.5. The zero-order valence-corrected chi connectivity index (χ0v) is 11.9. The van der Waals surface area contributed by atoms with Gasteiger partial charge in [-0.25, -0.2) is 19.7 Å². The number of rotatable bonds is 5. The van der Waals surface area contributed by atoms with Crippen molar-refractivity contribution in [1.29, 1.82) is 0 Å². The second-order valence-corrected chi connectivity index (χ2v) is 4.93. The van der Waals surface area contributed by atoms with Gasteiger partial charge in [-0.1, -0.05) is 6.92 Å². The van der Waals surface area contributed by atoms with Crippen molar-refractivity contribution in [3.05, 3.63) is 34.4 Å². The highest BCUT2D eigenvalue weighted by molar-refractivity contribution is 7.99. The zero-order chi connectivity index (χ0) is 14.5. The molecule has 0 atom stereocenters. The Bertz CT molecular complexity index is 665. The summed E-state index contributed by atoms with van der Waals surface area (Å²) < 4.78 is 6.19. The van der Waals surface area contributed by atoms with Crippen molar-refractivity contribution in [2.45, 2.75) is 30.1 Å². The van der Waals surface area contributed by atoms with Crippen molar-refractivity contribution in [1.82, 2.24) is 19.7 Å². The number of carbonyl (C=O) groups is 1. The summed E-state index contributed by atoms with van der Waals surface area (Å²) in [5, 5.41) is 7.46. The summed E-state index contributed by atoms with van der Waals surface area (Å²) in [7, 11) is 1.32. The van der Waals surface area contributed by atoms with E-state index in [1.54, 1.807) is 12.1 Å². The molecule has 0 aliphatic carbocycles. The summed E-state index contributed by atoms with van der Waals surface area (Å²) in [6.45, 7) is 2.55. The summed E-state index contributed by atoms with van der Waals surface area (Å²) in [4.78, 5) is 27.2. The lowest BCUT2D eigenvalue weighted by Crippen LogP contribution is -2.17. The minimum atomic E-state index is -0.428. The van der Waals surface area contributed by atoms with Gasteiger partial charge in [-0.2, -0.15) is 0 Å². The first kappa shape index (κ1) is 14.3. The highest BCUT2D eigenvalue weighted by Crippen LogP contribution is 2.23. The fourth-order valence-corrected chi connectivity index (χ4v) is 2.47. The number of aromatic nitrogens is 4. The number of hydrogen-bond donors (Lipinski definition) is 1. The molecule has 0 spiro atoms. The monoisotopic (exact) mass is 294 g/mol. The van der Waals surface area contributed by atoms with Crippen LogP contribution in [-0.2, 0) is 11.3 Å². The molecule has 0 aliphatic rings. The molecule has 20 heavy (non-hydrogen) atoms. The highest BCUT2D eigenvalue weighted by Gasteiger charge is 2.12. The van der Waals surface area contributed by atoms with Gasteiger partial charge in [0.15, 0.2) is 5.16 Å². The minimum absolute atomic E-state index is 0.251. The molecule has 0 aliphatic heterocycles. The van der Waals surface area contributed by atoms with Crippen LogP contribution in [0.4, 0.5) is 0 Å². The van der Waals surface area contributed by atoms with Crippen molar-refractivity contribution in [2.75, 3.05) is 7.11 Å². The average Bonchev–Trinajstić information content (AvgIpc) is 2.80. The molecular formula is C12H14N4O3S. The van der Waals surface area contributed by atoms with E-state index in [4.69, 9.17) is 0 Å². The van der Waals surface area contributed by atoms with E-state index in [0.29, 0.717) is 22.3 Å². The van der Waals surface area contributed by atoms with Crippen LogP contribution in [0.5, 0.6) is 0 Å². The third-order valence-corrected chi connectivity index (χ3v) is 3.45. The van der Waals surface area contributed by atoms with Crippen molar-refractivity contribution in [2.24, 2.45) is 0 Å². The molecule has 0 unspecified atom stereocenters. The number of methoxy groups -OCH3 is 1. The molecule has 7 nitrogen and oxygen atoms in total. The molecule has 0 saturated heterocycles. The number of esters is 1. The van der Waals surface area contributed by atoms with Crippen molar-refractivity contribution >= 4 is 17.7 Å². The highest BCUT2D eigenvalue weighted by atomic mass is 32.2. The Labute approximate surface area is 119 Å². The maximum atomic E-state index is 11.6. The van der Waals surface area contributed by atoms with Gasteiger partial charge in [0.25, 0.3) is 0 Å². The van der Waals surface area contributed by atoms with E-state index in [-0.39, 0.29) is 5.69 Å². The van der Waals surface area contributed by atoms with Gasteiger partial charge in [-0.05, 0) is 30.3 Å². The van der Waals surface area contributed by atoms with Gasteiger partial charge in [0, 0.05) is 12.7 Å². The first-order valence-electron chi connectivity index (χ1n) is 6.03. The summed E-state index contributed by atoms with van der Waals surface area (Å²) in [6.07, 6.45) is 2.34. The number of nitrogens with zero attached hydrogens (tertiary/aromatic N) is 3. The molecule has 106 valence electrons. The topological polar surface area (TPSA) is 89.9 Å². The number of carbonyl (C=O) groups excluding carboxylic acids is 1. The Morgan fingerprint density at radius 3 is 3.05 bits per heavy atom. The Hall–Kier alpha value is -2.09. The van der Waals surface area contributed by atoms with Gasteiger partial charge in [-0.15, -0.1) is 5.10 Å². The van der Waals surface area contributed by atoms with Crippen molar-refractivity contribution < 1.29 is 9.53 Å². The predicted molar refractivity (Wildman–Crippen MR) is 72.8 cm³/mol. The molecule has 2 heterocycles. The first-order chi connectivity index (χ1) is 9.65. The van der Waals surface area contributed by atoms with Gasteiger partial charge < -0.3 is 4.74 Å². The van der Waals surface area contributed by atoms with Crippen LogP contribution in [0.15, 0.2) is 33.3 Å². The Morgan fingerprint density at radius 1 is 1.55 bits per heavy atom. The second kappa shape index (κ2) is 6.38. The van der Waals surface area contributed by atoms with Crippen LogP contribution >= 0.6 is 11.8 Å². The molecule has 2 aromatic rings. The number of H-pyrrole nitrogens is 1. The van der Waals surface area contributed by atoms with Crippen molar-refractivity contribution in [3.63, 3.8) is 0 Å². The van der Waals surface area contributed by atoms with Gasteiger partial charge in [0.1, 0.15) is 5.03 Å². The summed E-state index contributed by atoms with van der Waals surface area (Å²) in [5.41, 5.74) is 0.156. The van der Waals surface area contributed by atoms with E-state index in [0.717, 1.165) is 6.42 Å². The van der Waals surface area contributed by atoms with Crippen LogP contribution in [0.2, 0.25) is 0 Å². The van der Waals surface area contributed by atoms with Gasteiger partial charge in [-0.3, -0.25) is 4.57 Å². The Balaban J connectivity index is 2.26. The number of aromatic amines is 1. The standard InChI is InChI=1S/C12H14N4O3S/c1-3-6-16-11(18)14-15-12(16)20-9-7-8(4-5-13-9)10(17)19-2/h4-5,7H,3,6H2,1-2H3,(H,14,18). The fraction of sp³-hybridized carbons (Fsp3) is 0.333. The van der Waals surface area contributed by atoms with Crippen LogP contribution in [0, 0.1) is 0 Å². The maximum absolute atomic E-state index is 11.6. The zero-order valence-electron chi connectivity index (χ0n) is 11.1. The van der Waals surface area contributed by atoms with E-state index in [2.05, 4.69) is 19.9 Å². The summed E-state index contributed by atoms with van der Waals surface area (Å²) in [5.74, 6) is -0.428. The third kappa shape index (κ3) is 3.08. The van der Waals surface area contributed by atoms with Crippen LogP contribution in [0.25, 0.3) is 0 Å². The smallest absolute Gasteiger partial charge is 0.343 e. The molecule has 2 rings (SSSR count). The second-order valence-electron chi connectivity index (χ2n) is 3.94. The number of hydrogen-bond acceptors (Lipinski definition) is 6. The molecule has 0 radical (unpaired) electrons. The molecule has 0 fully saturated rings. The fourth-order valence-electron chi connectivity index (χ4n) is 1.61. The number of nitrogens with one attached hydrogen (secondary N) is 1. The first-order valence-corrected chi connectivity index (χ1v) is 6.84. The van der Waals surface area contributed by atoms with Crippen LogP contribution in [0.3, 0.4) is 0 Å². The van der Waals surface area contributed by atoms with Crippen molar-refractivity contribution in [3.8, 4) is 0 Å². The van der Waals surface area contributed by atoms with E-state index < -0.39 is 5.97 Å². The van der Waals surface area contributed by atoms with E-state index in [1.165, 1.54) is 29.6 Å². The van der Waals surface area contributed by atoms with Crippen LogP contribution in [-0.4, -0.2) is 32.8 Å². The molecule has 0 amide bonds. The SMILES string of the molecule is CCCn1c(Sc2cc(C(=O)OC)ccn2)n[nH]c1=O. The average molecular weight is 294 g/mol. The molecule has 8 heteroatoms. The summed E-state index contributed by atoms with van der Waals surface area (Å²) in [6, 6.07) is 3.17. The lowest BCUT2D eigenvalue weighted by molar-refractivity contribution is 0.0600. The Kier molecular flexibility index (Phi) is 4.57. The minimum Gasteiger partial charge on any atom is -0.465 e. The molecule has 0 saturated carbocycles. The van der Waals surface area contributed by atoms with Crippen LogP contribution < -0.4 is 5.69 Å². The molecule has 1 N–H and O–H groups in total. The largest absolute Gasteiger partial charge is 0.465 e. The van der Waals surface area contributed by atoms with Gasteiger partial charge in [0.2, 0.25) is 0 Å². The quantitative estimate of drug-likeness (QED) is 0.836. The lowest BCUT2D eigenvalue weighted by Gasteiger charge is -2.04. The van der Waals surface area contributed by atoms with Crippen LogP contribution in [0.1, 0.15) is 23.7 Å². The maximum Gasteiger partial charge on any atom is 0.343 e. The summed E-state index contributed by atoms with van der Waals surface area (Å²) >= 11 is 1.22. The lowest BCUT2D eigenvalue weighted by atomic mass is 10.3. The number of pyridine rings is 1. The Morgan fingerprint density at radius 2 is 2.35 bits per heavy atom. The van der Waals surface area contributed by atoms with Gasteiger partial charge in [0.05, 0.1) is 12.7 Å².